The Kier molecular flexibility index (Phi) is 5.05. The summed E-state index contributed by atoms with van der Waals surface area (Å²) in [6, 6.07) is -0.101. The average molecular weight is 215 g/mol. The molecule has 1 heterocycles. The van der Waals surface area contributed by atoms with Crippen molar-refractivity contribution in [3.05, 3.63) is 0 Å². The number of morpholine rings is 1. The molecule has 88 valence electrons. The van der Waals surface area contributed by atoms with Gasteiger partial charge in [0.15, 0.2) is 0 Å². The highest BCUT2D eigenvalue weighted by Crippen LogP contribution is 2.12. The number of hydrogen-bond donors (Lipinski definition) is 0. The maximum Gasteiger partial charge on any atom is 0.323 e. The number of carbonyl (C=O) groups excluding carboxylic acids is 1. The number of nitrogens with zero attached hydrogens (tertiary/aromatic N) is 1. The third-order valence-electron chi connectivity index (χ3n) is 2.66. The first-order valence-corrected chi connectivity index (χ1v) is 5.71. The molecule has 15 heavy (non-hydrogen) atoms. The van der Waals surface area contributed by atoms with Crippen molar-refractivity contribution in [3.63, 3.8) is 0 Å². The molecule has 0 amide bonds. The molecule has 0 radical (unpaired) electrons. The molecular weight excluding hydrogens is 194 g/mol. The third-order valence-corrected chi connectivity index (χ3v) is 2.66. The van der Waals surface area contributed by atoms with E-state index in [-0.39, 0.29) is 18.1 Å². The van der Waals surface area contributed by atoms with Crippen molar-refractivity contribution in [1.82, 2.24) is 4.90 Å². The second kappa shape index (κ2) is 6.08. The van der Waals surface area contributed by atoms with E-state index in [0.29, 0.717) is 13.2 Å². The molecule has 1 aliphatic heterocycles. The Bertz CT molecular complexity index is 208. The average Bonchev–Trinajstić information content (AvgIpc) is 2.19. The van der Waals surface area contributed by atoms with Gasteiger partial charge in [0.05, 0.1) is 19.3 Å². The summed E-state index contributed by atoms with van der Waals surface area (Å²) in [6.45, 7) is 8.68. The minimum atomic E-state index is -0.103. The Morgan fingerprint density at radius 3 is 2.87 bits per heavy atom. The molecule has 0 bridgehead atoms. The topological polar surface area (TPSA) is 38.8 Å². The van der Waals surface area contributed by atoms with Crippen LogP contribution < -0.4 is 0 Å². The van der Waals surface area contributed by atoms with E-state index in [0.717, 1.165) is 19.5 Å². The standard InChI is InChI=1S/C11H21NO3/c1-4-10(11(13)14-5-2)12-6-7-15-9(3)8-12/h9-10H,4-8H2,1-3H3. The van der Waals surface area contributed by atoms with Gasteiger partial charge in [-0.3, -0.25) is 9.69 Å². The van der Waals surface area contributed by atoms with Gasteiger partial charge in [0.2, 0.25) is 0 Å². The van der Waals surface area contributed by atoms with Gasteiger partial charge in [0.1, 0.15) is 6.04 Å². The summed E-state index contributed by atoms with van der Waals surface area (Å²) >= 11 is 0. The molecule has 2 atom stereocenters. The van der Waals surface area contributed by atoms with E-state index in [1.54, 1.807) is 0 Å². The monoisotopic (exact) mass is 215 g/mol. The van der Waals surface area contributed by atoms with Crippen molar-refractivity contribution in [2.45, 2.75) is 39.3 Å². The minimum Gasteiger partial charge on any atom is -0.465 e. The van der Waals surface area contributed by atoms with Crippen LogP contribution in [0.3, 0.4) is 0 Å². The van der Waals surface area contributed by atoms with Crippen molar-refractivity contribution in [3.8, 4) is 0 Å². The number of rotatable bonds is 4. The maximum atomic E-state index is 11.7. The largest absolute Gasteiger partial charge is 0.465 e. The predicted octanol–water partition coefficient (Wildman–Crippen LogP) is 1.05. The van der Waals surface area contributed by atoms with E-state index < -0.39 is 0 Å². The zero-order valence-corrected chi connectivity index (χ0v) is 9.86. The highest BCUT2D eigenvalue weighted by molar-refractivity contribution is 5.75. The van der Waals surface area contributed by atoms with E-state index in [1.165, 1.54) is 0 Å². The summed E-state index contributed by atoms with van der Waals surface area (Å²) in [5, 5.41) is 0. The molecule has 0 N–H and O–H groups in total. The van der Waals surface area contributed by atoms with Gasteiger partial charge >= 0.3 is 5.97 Å². The van der Waals surface area contributed by atoms with E-state index in [9.17, 15) is 4.79 Å². The van der Waals surface area contributed by atoms with Crippen LogP contribution in [0.15, 0.2) is 0 Å². The van der Waals surface area contributed by atoms with Crippen LogP contribution in [0.1, 0.15) is 27.2 Å². The fourth-order valence-electron chi connectivity index (χ4n) is 1.94. The van der Waals surface area contributed by atoms with Crippen LogP contribution in [0.2, 0.25) is 0 Å². The number of hydrogen-bond acceptors (Lipinski definition) is 4. The highest BCUT2D eigenvalue weighted by Gasteiger charge is 2.28. The molecule has 0 spiro atoms. The predicted molar refractivity (Wildman–Crippen MR) is 57.7 cm³/mol. The molecule has 4 heteroatoms. The van der Waals surface area contributed by atoms with E-state index in [4.69, 9.17) is 9.47 Å². The van der Waals surface area contributed by atoms with Gasteiger partial charge < -0.3 is 9.47 Å². The fourth-order valence-corrected chi connectivity index (χ4v) is 1.94. The second-order valence-electron chi connectivity index (χ2n) is 3.85. The van der Waals surface area contributed by atoms with Crippen molar-refractivity contribution < 1.29 is 14.3 Å². The lowest BCUT2D eigenvalue weighted by Gasteiger charge is -2.35. The number of carbonyl (C=O) groups is 1. The van der Waals surface area contributed by atoms with E-state index in [1.807, 2.05) is 20.8 Å². The zero-order chi connectivity index (χ0) is 11.3. The molecule has 2 unspecified atom stereocenters. The van der Waals surface area contributed by atoms with Gasteiger partial charge in [-0.2, -0.15) is 0 Å². The lowest BCUT2D eigenvalue weighted by atomic mass is 10.1. The molecule has 0 aromatic carbocycles. The quantitative estimate of drug-likeness (QED) is 0.657. The van der Waals surface area contributed by atoms with Gasteiger partial charge in [-0.1, -0.05) is 6.92 Å². The van der Waals surface area contributed by atoms with Crippen LogP contribution in [-0.2, 0) is 14.3 Å². The summed E-state index contributed by atoms with van der Waals surface area (Å²) in [5.41, 5.74) is 0. The van der Waals surface area contributed by atoms with Crippen LogP contribution in [0.4, 0.5) is 0 Å². The van der Waals surface area contributed by atoms with E-state index in [2.05, 4.69) is 4.90 Å². The number of ether oxygens (including phenoxy) is 2. The van der Waals surface area contributed by atoms with Crippen LogP contribution in [0, 0.1) is 0 Å². The van der Waals surface area contributed by atoms with Crippen molar-refractivity contribution in [2.24, 2.45) is 0 Å². The van der Waals surface area contributed by atoms with E-state index >= 15 is 0 Å². The normalized spacial score (nSPS) is 24.9. The SMILES string of the molecule is CCOC(=O)C(CC)N1CCOC(C)C1. The summed E-state index contributed by atoms with van der Waals surface area (Å²) < 4.78 is 10.5. The smallest absolute Gasteiger partial charge is 0.323 e. The lowest BCUT2D eigenvalue weighted by molar-refractivity contribution is -0.152. The van der Waals surface area contributed by atoms with Gasteiger partial charge in [0.25, 0.3) is 0 Å². The van der Waals surface area contributed by atoms with Crippen LogP contribution in [0.5, 0.6) is 0 Å². The minimum absolute atomic E-state index is 0.101. The van der Waals surface area contributed by atoms with Crippen LogP contribution >= 0.6 is 0 Å². The first kappa shape index (κ1) is 12.5. The summed E-state index contributed by atoms with van der Waals surface area (Å²) in [7, 11) is 0. The van der Waals surface area contributed by atoms with Crippen LogP contribution in [0.25, 0.3) is 0 Å². The summed E-state index contributed by atoms with van der Waals surface area (Å²) in [6.07, 6.45) is 1.01. The molecule has 1 fully saturated rings. The van der Waals surface area contributed by atoms with Gasteiger partial charge in [-0.25, -0.2) is 0 Å². The Hall–Kier alpha value is -0.610. The zero-order valence-electron chi connectivity index (χ0n) is 9.86. The molecule has 1 aliphatic rings. The Labute approximate surface area is 91.5 Å². The fraction of sp³-hybridized carbons (Fsp3) is 0.909. The Morgan fingerprint density at radius 2 is 2.33 bits per heavy atom. The summed E-state index contributed by atoms with van der Waals surface area (Å²) in [4.78, 5) is 13.8. The third kappa shape index (κ3) is 3.47. The molecule has 0 saturated carbocycles. The molecule has 0 aromatic rings. The maximum absolute atomic E-state index is 11.7. The molecule has 4 nitrogen and oxygen atoms in total. The van der Waals surface area contributed by atoms with Gasteiger partial charge in [0, 0.05) is 13.1 Å². The Balaban J connectivity index is 2.52. The second-order valence-corrected chi connectivity index (χ2v) is 3.85. The lowest BCUT2D eigenvalue weighted by Crippen LogP contribution is -2.50. The molecular formula is C11H21NO3. The summed E-state index contributed by atoms with van der Waals surface area (Å²) in [5.74, 6) is -0.103. The van der Waals surface area contributed by atoms with Gasteiger partial charge in [-0.15, -0.1) is 0 Å². The van der Waals surface area contributed by atoms with Crippen molar-refractivity contribution in [1.29, 1.82) is 0 Å². The molecule has 1 saturated heterocycles. The Morgan fingerprint density at radius 1 is 1.60 bits per heavy atom. The highest BCUT2D eigenvalue weighted by atomic mass is 16.5. The molecule has 0 aliphatic carbocycles. The van der Waals surface area contributed by atoms with Crippen molar-refractivity contribution in [2.75, 3.05) is 26.3 Å². The van der Waals surface area contributed by atoms with Crippen molar-refractivity contribution >= 4 is 5.97 Å². The first-order valence-electron chi connectivity index (χ1n) is 5.71. The molecule has 1 rings (SSSR count). The van der Waals surface area contributed by atoms with Gasteiger partial charge in [-0.05, 0) is 20.3 Å². The first-order chi connectivity index (χ1) is 7.19. The molecule has 0 aromatic heterocycles. The number of esters is 1. The van der Waals surface area contributed by atoms with Crippen LogP contribution in [-0.4, -0.2) is 49.3 Å².